The fourth-order valence-corrected chi connectivity index (χ4v) is 4.66. The molecule has 2 aliphatic rings. The third kappa shape index (κ3) is 3.91. The van der Waals surface area contributed by atoms with E-state index < -0.39 is 52.2 Å². The number of nitroso groups, excluding NO2 is 1. The first kappa shape index (κ1) is 21.0. The van der Waals surface area contributed by atoms with Crippen molar-refractivity contribution in [2.75, 3.05) is 18.8 Å². The molecule has 1 aromatic heterocycles. The smallest absolute Gasteiger partial charge is 0.362 e. The zero-order valence-electron chi connectivity index (χ0n) is 14.7. The average molecular weight is 447 g/mol. The highest BCUT2D eigenvalue weighted by molar-refractivity contribution is 7.84. The number of nitrogens with zero attached hydrogens (tertiary/aromatic N) is 4. The van der Waals surface area contributed by atoms with Crippen LogP contribution in [0.2, 0.25) is 0 Å². The number of nitrogen functional groups attached to an aromatic ring is 1. The molecule has 4 unspecified atom stereocenters. The number of thiazole rings is 1. The molecule has 0 saturated carbocycles. The fourth-order valence-electron chi connectivity index (χ4n) is 3.21. The van der Waals surface area contributed by atoms with Gasteiger partial charge in [0.25, 0.3) is 11.8 Å². The van der Waals surface area contributed by atoms with E-state index in [0.717, 1.165) is 11.3 Å². The second-order valence-electron chi connectivity index (χ2n) is 6.46. The van der Waals surface area contributed by atoms with Crippen LogP contribution in [-0.4, -0.2) is 76.1 Å². The summed E-state index contributed by atoms with van der Waals surface area (Å²) in [6.07, 6.45) is 0.338. The number of β-lactam (4-membered cyclic amide) rings is 1. The highest BCUT2D eigenvalue weighted by Gasteiger charge is 2.55. The number of hydrogen-bond acceptors (Lipinski definition) is 11. The molecule has 2 fully saturated rings. The molecule has 3 amide bonds. The van der Waals surface area contributed by atoms with E-state index in [0.29, 0.717) is 6.42 Å². The summed E-state index contributed by atoms with van der Waals surface area (Å²) in [4.78, 5) is 52.8. The van der Waals surface area contributed by atoms with Crippen molar-refractivity contribution in [2.45, 2.75) is 30.6 Å². The van der Waals surface area contributed by atoms with Gasteiger partial charge in [-0.2, -0.15) is 8.42 Å². The lowest BCUT2D eigenvalue weighted by molar-refractivity contribution is -0.148. The van der Waals surface area contributed by atoms with Crippen LogP contribution in [0.4, 0.5) is 5.13 Å². The topological polar surface area (TPSA) is 218 Å². The van der Waals surface area contributed by atoms with Crippen molar-refractivity contribution in [2.24, 2.45) is 10.9 Å². The Morgan fingerprint density at radius 2 is 2.14 bits per heavy atom. The Kier molecular flexibility index (Phi) is 5.52. The van der Waals surface area contributed by atoms with E-state index in [9.17, 15) is 32.3 Å². The van der Waals surface area contributed by atoms with E-state index in [1.54, 1.807) is 0 Å². The van der Waals surface area contributed by atoms with E-state index in [1.807, 2.05) is 0 Å². The molecule has 29 heavy (non-hydrogen) atoms. The molecule has 14 nitrogen and oxygen atoms in total. The Morgan fingerprint density at radius 3 is 2.62 bits per heavy atom. The second-order valence-corrected chi connectivity index (χ2v) is 8.64. The van der Waals surface area contributed by atoms with Gasteiger partial charge < -0.3 is 21.7 Å². The second kappa shape index (κ2) is 7.62. The Bertz CT molecular complexity index is 964. The van der Waals surface area contributed by atoms with Crippen molar-refractivity contribution in [3.63, 3.8) is 0 Å². The molecule has 158 valence electrons. The van der Waals surface area contributed by atoms with Crippen molar-refractivity contribution in [3.05, 3.63) is 16.0 Å². The summed E-state index contributed by atoms with van der Waals surface area (Å²) in [6.45, 7) is -0.0624. The molecule has 3 rings (SSSR count). The molecule has 1 aromatic rings. The van der Waals surface area contributed by atoms with E-state index in [4.69, 9.17) is 11.5 Å². The van der Waals surface area contributed by atoms with Crippen molar-refractivity contribution < 1.29 is 27.4 Å². The largest absolute Gasteiger partial charge is 0.375 e. The molecule has 16 heteroatoms. The lowest BCUT2D eigenvalue weighted by Crippen LogP contribution is -2.74. The fraction of sp³-hybridized carbons (Fsp3) is 0.538. The molecule has 2 saturated heterocycles. The Morgan fingerprint density at radius 1 is 1.45 bits per heavy atom. The van der Waals surface area contributed by atoms with E-state index >= 15 is 0 Å². The van der Waals surface area contributed by atoms with Gasteiger partial charge in [-0.25, -0.2) is 9.29 Å². The van der Waals surface area contributed by atoms with Crippen LogP contribution >= 0.6 is 11.3 Å². The van der Waals surface area contributed by atoms with Crippen molar-refractivity contribution in [1.29, 1.82) is 0 Å². The lowest BCUT2D eigenvalue weighted by atomic mass is 9.97. The van der Waals surface area contributed by atoms with Gasteiger partial charge in [0.2, 0.25) is 11.9 Å². The molecular weight excluding hydrogens is 430 g/mol. The third-order valence-electron chi connectivity index (χ3n) is 4.64. The van der Waals surface area contributed by atoms with Gasteiger partial charge >= 0.3 is 10.3 Å². The van der Waals surface area contributed by atoms with Gasteiger partial charge in [-0.05, 0) is 11.6 Å². The number of hydrogen-bond donors (Lipinski definition) is 4. The van der Waals surface area contributed by atoms with E-state index in [2.05, 4.69) is 15.5 Å². The number of carbonyl (C=O) groups excluding carboxylic acids is 3. The molecular formula is C13H17N7O7S2. The first-order chi connectivity index (χ1) is 13.5. The highest BCUT2D eigenvalue weighted by Crippen LogP contribution is 2.28. The zero-order chi connectivity index (χ0) is 21.5. The van der Waals surface area contributed by atoms with Crippen molar-refractivity contribution in [1.82, 2.24) is 19.5 Å². The number of nitrogens with two attached hydrogens (primary N) is 2. The average Bonchev–Trinajstić information content (AvgIpc) is 3.19. The molecule has 0 spiro atoms. The van der Waals surface area contributed by atoms with Gasteiger partial charge in [-0.3, -0.25) is 18.9 Å². The summed E-state index contributed by atoms with van der Waals surface area (Å²) < 4.78 is 32.5. The van der Waals surface area contributed by atoms with Crippen LogP contribution < -0.4 is 16.8 Å². The van der Waals surface area contributed by atoms with Crippen molar-refractivity contribution >= 4 is 44.5 Å². The molecule has 4 atom stereocenters. The number of amides is 3. The maximum atomic E-state index is 12.4. The van der Waals surface area contributed by atoms with Crippen LogP contribution in [0.1, 0.15) is 18.2 Å². The number of aromatic nitrogens is 1. The quantitative estimate of drug-likeness (QED) is 0.197. The zero-order valence-corrected chi connectivity index (χ0v) is 16.3. The molecule has 6 N–H and O–H groups in total. The minimum absolute atomic E-state index is 0.0318. The molecule has 0 bridgehead atoms. The van der Waals surface area contributed by atoms with E-state index in [-0.39, 0.29) is 28.2 Å². The number of likely N-dealkylation sites (tertiary alicyclic amines) is 1. The summed E-state index contributed by atoms with van der Waals surface area (Å²) >= 11 is 0.975. The molecule has 0 radical (unpaired) electrons. The molecule has 3 heterocycles. The Hall–Kier alpha value is -2.69. The summed E-state index contributed by atoms with van der Waals surface area (Å²) in [7, 11) is -4.93. The molecule has 2 aliphatic heterocycles. The first-order valence-electron chi connectivity index (χ1n) is 8.23. The predicted octanol–water partition coefficient (Wildman–Crippen LogP) is -2.41. The Labute approximate surface area is 168 Å². The third-order valence-corrected chi connectivity index (χ3v) is 6.28. The summed E-state index contributed by atoms with van der Waals surface area (Å²) in [6, 6.07) is -5.05. The number of carbonyl (C=O) groups is 3. The Balaban J connectivity index is 1.78. The van der Waals surface area contributed by atoms with Gasteiger partial charge in [-0.1, -0.05) is 0 Å². The van der Waals surface area contributed by atoms with Crippen LogP contribution in [0.3, 0.4) is 0 Å². The van der Waals surface area contributed by atoms with Crippen LogP contribution in [-0.2, 0) is 24.7 Å². The standard InChI is InChI=1S/C13H17N7O7S2/c14-5-1-2-19(11(5)22)3-7-9(12(23)20(7)29(25,26)27)17-10(21)8(18-24)6-4-28-13(15)16-6/h4-5,7-9H,1-3,14H2,(H2,15,16)(H,17,21)(H,25,26,27). The normalized spacial score (nSPS) is 25.7. The van der Waals surface area contributed by atoms with Gasteiger partial charge in [0, 0.05) is 18.5 Å². The van der Waals surface area contributed by atoms with Gasteiger partial charge in [-0.15, -0.1) is 16.2 Å². The number of nitrogens with one attached hydrogen (secondary N) is 1. The first-order valence-corrected chi connectivity index (χ1v) is 10.5. The lowest BCUT2D eigenvalue weighted by Gasteiger charge is -2.45. The maximum absolute atomic E-state index is 12.4. The number of rotatable bonds is 7. The minimum Gasteiger partial charge on any atom is -0.375 e. The van der Waals surface area contributed by atoms with Crippen LogP contribution in [0.15, 0.2) is 10.6 Å². The highest BCUT2D eigenvalue weighted by atomic mass is 32.2. The van der Waals surface area contributed by atoms with Crippen molar-refractivity contribution in [3.8, 4) is 0 Å². The molecule has 0 aliphatic carbocycles. The van der Waals surface area contributed by atoms with E-state index in [1.165, 1.54) is 10.3 Å². The van der Waals surface area contributed by atoms with Crippen LogP contribution in [0.25, 0.3) is 0 Å². The SMILES string of the molecule is Nc1nc(C(N=O)C(=O)NC2C(=O)N(S(=O)(=O)O)C2CN2CCC(N)C2=O)cs1. The summed E-state index contributed by atoms with van der Waals surface area (Å²) in [5, 5.41) is 6.35. The predicted molar refractivity (Wildman–Crippen MR) is 98.3 cm³/mol. The summed E-state index contributed by atoms with van der Waals surface area (Å²) in [5.74, 6) is -2.58. The van der Waals surface area contributed by atoms with Gasteiger partial charge in [0.05, 0.1) is 17.8 Å². The molecule has 0 aromatic carbocycles. The van der Waals surface area contributed by atoms with Crippen LogP contribution in [0, 0.1) is 4.91 Å². The van der Waals surface area contributed by atoms with Gasteiger partial charge in [0.1, 0.15) is 6.04 Å². The van der Waals surface area contributed by atoms with Gasteiger partial charge in [0.15, 0.2) is 5.13 Å². The maximum Gasteiger partial charge on any atom is 0.362 e. The summed E-state index contributed by atoms with van der Waals surface area (Å²) in [5.41, 5.74) is 11.1. The monoisotopic (exact) mass is 447 g/mol. The number of anilines is 1. The minimum atomic E-state index is -4.93. The van der Waals surface area contributed by atoms with Crippen LogP contribution in [0.5, 0.6) is 0 Å².